The quantitative estimate of drug-likeness (QED) is 0.224. The minimum absolute atomic E-state index is 0.0391. The molecule has 0 aliphatic heterocycles. The molecule has 0 aliphatic carbocycles. The molecule has 0 radical (unpaired) electrons. The molecule has 2 aromatic carbocycles. The summed E-state index contributed by atoms with van der Waals surface area (Å²) in [5, 5.41) is 13.2. The Labute approximate surface area is 198 Å². The number of aryl methyl sites for hydroxylation is 1. The maximum Gasteiger partial charge on any atom is 0.210 e. The van der Waals surface area contributed by atoms with Crippen LogP contribution in [0.25, 0.3) is 5.69 Å². The van der Waals surface area contributed by atoms with Gasteiger partial charge in [0.15, 0.2) is 10.1 Å². The monoisotopic (exact) mass is 488 g/mol. The molecule has 0 atom stereocenters. The predicted molar refractivity (Wildman–Crippen MR) is 130 cm³/mol. The van der Waals surface area contributed by atoms with Crippen molar-refractivity contribution in [3.8, 4) is 5.69 Å². The molecule has 0 aliphatic rings. The lowest BCUT2D eigenvalue weighted by atomic mass is 10.2. The van der Waals surface area contributed by atoms with Crippen molar-refractivity contribution in [3.63, 3.8) is 0 Å². The number of nitrogens with zero attached hydrogens (tertiary/aromatic N) is 3. The number of anilines is 2. The average molecular weight is 489 g/mol. The number of Topliss-reactive ketones (excluding diaryl/α,β-unsaturated/α-hetero) is 1. The fourth-order valence-corrected chi connectivity index (χ4v) is 5.18. The minimum Gasteiger partial charge on any atom is -0.330 e. The van der Waals surface area contributed by atoms with E-state index in [9.17, 15) is 4.79 Å². The Morgan fingerprint density at radius 1 is 1.06 bits per heavy atom. The third-order valence-corrected chi connectivity index (χ3v) is 7.36. The van der Waals surface area contributed by atoms with Gasteiger partial charge in [0.25, 0.3) is 0 Å². The van der Waals surface area contributed by atoms with E-state index in [1.54, 1.807) is 12.1 Å². The highest BCUT2D eigenvalue weighted by molar-refractivity contribution is 8.01. The summed E-state index contributed by atoms with van der Waals surface area (Å²) in [6.45, 7) is 3.89. The van der Waals surface area contributed by atoms with Crippen molar-refractivity contribution >= 4 is 62.9 Å². The molecule has 0 spiro atoms. The number of carbonyl (C=O) groups excluding carboxylic acids is 1. The number of ketones is 1. The molecule has 1 N–H and O–H groups in total. The van der Waals surface area contributed by atoms with Crippen LogP contribution in [0, 0.1) is 13.8 Å². The SMILES string of the molecule is Cc1cc(C(=O)CSc2nnc(Nc3ccccc3)s2)c(C)n1-c1ccc(Cl)c(Cl)c1. The summed E-state index contributed by atoms with van der Waals surface area (Å²) < 4.78 is 2.75. The van der Waals surface area contributed by atoms with Gasteiger partial charge in [-0.05, 0) is 50.2 Å². The summed E-state index contributed by atoms with van der Waals surface area (Å²) >= 11 is 15.0. The fourth-order valence-electron chi connectivity index (χ4n) is 3.24. The van der Waals surface area contributed by atoms with Gasteiger partial charge < -0.3 is 9.88 Å². The number of benzene rings is 2. The molecule has 2 aromatic heterocycles. The van der Waals surface area contributed by atoms with Gasteiger partial charge in [-0.1, -0.05) is 64.5 Å². The number of hydrogen-bond acceptors (Lipinski definition) is 6. The van der Waals surface area contributed by atoms with Gasteiger partial charge in [0, 0.05) is 28.3 Å². The van der Waals surface area contributed by atoms with Gasteiger partial charge >= 0.3 is 0 Å². The maximum absolute atomic E-state index is 12.9. The number of rotatable bonds is 7. The molecular formula is C22H18Cl2N4OS2. The van der Waals surface area contributed by atoms with Crippen LogP contribution in [-0.4, -0.2) is 26.3 Å². The zero-order valence-electron chi connectivity index (χ0n) is 16.7. The Morgan fingerprint density at radius 3 is 2.58 bits per heavy atom. The van der Waals surface area contributed by atoms with Gasteiger partial charge in [-0.15, -0.1) is 10.2 Å². The number of hydrogen-bond donors (Lipinski definition) is 1. The molecule has 0 unspecified atom stereocenters. The predicted octanol–water partition coefficient (Wildman–Crippen LogP) is 6.97. The molecule has 5 nitrogen and oxygen atoms in total. The van der Waals surface area contributed by atoms with E-state index in [0.717, 1.165) is 27.1 Å². The Morgan fingerprint density at radius 2 is 1.84 bits per heavy atom. The summed E-state index contributed by atoms with van der Waals surface area (Å²) in [4.78, 5) is 12.9. The molecule has 4 rings (SSSR count). The van der Waals surface area contributed by atoms with Crippen LogP contribution in [0.5, 0.6) is 0 Å². The first-order chi connectivity index (χ1) is 14.9. The van der Waals surface area contributed by atoms with Gasteiger partial charge in [-0.3, -0.25) is 4.79 Å². The number of para-hydroxylation sites is 1. The van der Waals surface area contributed by atoms with Crippen molar-refractivity contribution in [2.45, 2.75) is 18.2 Å². The first-order valence-electron chi connectivity index (χ1n) is 9.38. The van der Waals surface area contributed by atoms with E-state index in [1.807, 2.05) is 60.9 Å². The summed E-state index contributed by atoms with van der Waals surface area (Å²) in [5.41, 5.74) is 4.32. The van der Waals surface area contributed by atoms with Gasteiger partial charge in [-0.2, -0.15) is 0 Å². The van der Waals surface area contributed by atoms with E-state index in [1.165, 1.54) is 23.1 Å². The lowest BCUT2D eigenvalue weighted by Crippen LogP contribution is -2.05. The van der Waals surface area contributed by atoms with Crippen LogP contribution >= 0.6 is 46.3 Å². The summed E-state index contributed by atoms with van der Waals surface area (Å²) in [7, 11) is 0. The summed E-state index contributed by atoms with van der Waals surface area (Å²) in [5.74, 6) is 0.322. The summed E-state index contributed by atoms with van der Waals surface area (Å²) in [6, 6.07) is 17.1. The molecule has 31 heavy (non-hydrogen) atoms. The lowest BCUT2D eigenvalue weighted by Gasteiger charge is -2.11. The normalized spacial score (nSPS) is 11.0. The largest absolute Gasteiger partial charge is 0.330 e. The highest BCUT2D eigenvalue weighted by atomic mass is 35.5. The third kappa shape index (κ3) is 4.96. The highest BCUT2D eigenvalue weighted by Crippen LogP contribution is 2.30. The average Bonchev–Trinajstić information content (AvgIpc) is 3.32. The second-order valence-electron chi connectivity index (χ2n) is 6.79. The van der Waals surface area contributed by atoms with Crippen molar-refractivity contribution in [3.05, 3.63) is 81.6 Å². The Kier molecular flexibility index (Phi) is 6.67. The molecular weight excluding hydrogens is 471 g/mol. The first-order valence-corrected chi connectivity index (χ1v) is 11.9. The van der Waals surface area contributed by atoms with E-state index in [-0.39, 0.29) is 11.5 Å². The molecule has 0 saturated carbocycles. The third-order valence-electron chi connectivity index (χ3n) is 4.65. The lowest BCUT2D eigenvalue weighted by molar-refractivity contribution is 0.102. The van der Waals surface area contributed by atoms with Gasteiger partial charge in [0.2, 0.25) is 5.13 Å². The van der Waals surface area contributed by atoms with Crippen molar-refractivity contribution in [2.24, 2.45) is 0 Å². The Hall–Kier alpha value is -2.32. The van der Waals surface area contributed by atoms with Crippen molar-refractivity contribution in [1.82, 2.24) is 14.8 Å². The van der Waals surface area contributed by atoms with Crippen molar-refractivity contribution < 1.29 is 4.79 Å². The van der Waals surface area contributed by atoms with E-state index < -0.39 is 0 Å². The number of thioether (sulfide) groups is 1. The molecule has 158 valence electrons. The molecule has 0 saturated heterocycles. The smallest absolute Gasteiger partial charge is 0.210 e. The van der Waals surface area contributed by atoms with Crippen LogP contribution < -0.4 is 5.32 Å². The highest BCUT2D eigenvalue weighted by Gasteiger charge is 2.18. The number of nitrogens with one attached hydrogen (secondary N) is 1. The van der Waals surface area contributed by atoms with Gasteiger partial charge in [0.05, 0.1) is 15.8 Å². The number of carbonyl (C=O) groups is 1. The maximum atomic E-state index is 12.9. The van der Waals surface area contributed by atoms with E-state index >= 15 is 0 Å². The van der Waals surface area contributed by atoms with Gasteiger partial charge in [0.1, 0.15) is 0 Å². The molecule has 2 heterocycles. The van der Waals surface area contributed by atoms with E-state index in [2.05, 4.69) is 15.5 Å². The number of aromatic nitrogens is 3. The van der Waals surface area contributed by atoms with Crippen LogP contribution in [0.3, 0.4) is 0 Å². The second kappa shape index (κ2) is 9.44. The van der Waals surface area contributed by atoms with Crippen LogP contribution in [-0.2, 0) is 0 Å². The standard InChI is InChI=1S/C22H18Cl2N4OS2/c1-13-10-17(14(2)28(13)16-8-9-18(23)19(24)11-16)20(29)12-30-22-27-26-21(31-22)25-15-6-4-3-5-7-15/h3-11H,12H2,1-2H3,(H,25,26). The molecule has 0 bridgehead atoms. The number of halogens is 2. The van der Waals surface area contributed by atoms with Crippen LogP contribution in [0.15, 0.2) is 58.9 Å². The van der Waals surface area contributed by atoms with Crippen LogP contribution in [0.1, 0.15) is 21.7 Å². The Balaban J connectivity index is 1.45. The Bertz CT molecular complexity index is 1240. The van der Waals surface area contributed by atoms with Crippen molar-refractivity contribution in [2.75, 3.05) is 11.1 Å². The van der Waals surface area contributed by atoms with E-state index in [0.29, 0.717) is 20.7 Å². The molecule has 0 fully saturated rings. The topological polar surface area (TPSA) is 59.8 Å². The second-order valence-corrected chi connectivity index (χ2v) is 9.81. The van der Waals surface area contributed by atoms with Crippen LogP contribution in [0.4, 0.5) is 10.8 Å². The zero-order valence-corrected chi connectivity index (χ0v) is 19.9. The van der Waals surface area contributed by atoms with E-state index in [4.69, 9.17) is 23.2 Å². The van der Waals surface area contributed by atoms with Gasteiger partial charge in [-0.25, -0.2) is 0 Å². The fraction of sp³-hybridized carbons (Fsp3) is 0.136. The first kappa shape index (κ1) is 21.9. The van der Waals surface area contributed by atoms with Crippen molar-refractivity contribution in [1.29, 1.82) is 0 Å². The molecule has 0 amide bonds. The van der Waals surface area contributed by atoms with Crippen LogP contribution in [0.2, 0.25) is 10.0 Å². The molecule has 9 heteroatoms. The zero-order chi connectivity index (χ0) is 22.0. The minimum atomic E-state index is 0.0391. The summed E-state index contributed by atoms with van der Waals surface area (Å²) in [6.07, 6.45) is 0. The molecule has 4 aromatic rings.